The third-order valence-electron chi connectivity index (χ3n) is 4.10. The summed E-state index contributed by atoms with van der Waals surface area (Å²) in [6.07, 6.45) is 0. The molecule has 0 fully saturated rings. The highest BCUT2D eigenvalue weighted by Gasteiger charge is 2.26. The molecule has 0 saturated heterocycles. The van der Waals surface area contributed by atoms with Gasteiger partial charge in [-0.1, -0.05) is 40.2 Å². The number of benzene rings is 2. The third-order valence-corrected chi connectivity index (χ3v) is 4.63. The molecule has 2 amide bonds. The second kappa shape index (κ2) is 9.97. The summed E-state index contributed by atoms with van der Waals surface area (Å²) in [5.74, 6) is 0.492. The van der Waals surface area contributed by atoms with Crippen LogP contribution in [0.1, 0.15) is 12.5 Å². The van der Waals surface area contributed by atoms with Crippen LogP contribution in [-0.4, -0.2) is 43.5 Å². The quantitative estimate of drug-likeness (QED) is 0.693. The maximum Gasteiger partial charge on any atom is 0.261 e. The van der Waals surface area contributed by atoms with E-state index in [4.69, 9.17) is 9.47 Å². The molecule has 27 heavy (non-hydrogen) atoms. The van der Waals surface area contributed by atoms with Crippen molar-refractivity contribution in [3.8, 4) is 11.5 Å². The number of hydrogen-bond acceptors (Lipinski definition) is 4. The Bertz CT molecular complexity index is 780. The molecule has 2 aromatic rings. The Morgan fingerprint density at radius 3 is 2.33 bits per heavy atom. The van der Waals surface area contributed by atoms with Crippen LogP contribution in [0.15, 0.2) is 53.0 Å². The van der Waals surface area contributed by atoms with Crippen molar-refractivity contribution in [3.05, 3.63) is 58.6 Å². The third kappa shape index (κ3) is 5.72. The van der Waals surface area contributed by atoms with Gasteiger partial charge in [0.2, 0.25) is 5.91 Å². The largest absolute Gasteiger partial charge is 0.493 e. The van der Waals surface area contributed by atoms with Crippen molar-refractivity contribution in [2.45, 2.75) is 19.5 Å². The number of para-hydroxylation sites is 2. The van der Waals surface area contributed by atoms with E-state index in [1.807, 2.05) is 30.3 Å². The number of likely N-dealkylation sites (N-methyl/N-ethyl adjacent to an activating group) is 1. The summed E-state index contributed by atoms with van der Waals surface area (Å²) in [7, 11) is 3.09. The summed E-state index contributed by atoms with van der Waals surface area (Å²) >= 11 is 3.39. The maximum absolute atomic E-state index is 12.8. The Balaban J connectivity index is 2.14. The number of methoxy groups -OCH3 is 1. The summed E-state index contributed by atoms with van der Waals surface area (Å²) in [5, 5.41) is 2.59. The Labute approximate surface area is 167 Å². The predicted molar refractivity (Wildman–Crippen MR) is 107 cm³/mol. The van der Waals surface area contributed by atoms with Crippen molar-refractivity contribution in [1.29, 1.82) is 0 Å². The summed E-state index contributed by atoms with van der Waals surface area (Å²) < 4.78 is 11.8. The van der Waals surface area contributed by atoms with Crippen LogP contribution in [0.4, 0.5) is 0 Å². The van der Waals surface area contributed by atoms with Gasteiger partial charge in [0.15, 0.2) is 18.1 Å². The monoisotopic (exact) mass is 434 g/mol. The van der Waals surface area contributed by atoms with E-state index in [1.54, 1.807) is 32.2 Å². The SMILES string of the molecule is CNC(=O)[C@@H](C)N(Cc1ccc(Br)cc1)C(=O)COc1ccccc1OC. The molecule has 0 spiro atoms. The van der Waals surface area contributed by atoms with Gasteiger partial charge in [0.1, 0.15) is 6.04 Å². The normalized spacial score (nSPS) is 11.4. The van der Waals surface area contributed by atoms with E-state index in [2.05, 4.69) is 21.2 Å². The average molecular weight is 435 g/mol. The lowest BCUT2D eigenvalue weighted by Gasteiger charge is -2.28. The topological polar surface area (TPSA) is 67.9 Å². The van der Waals surface area contributed by atoms with Crippen LogP contribution < -0.4 is 14.8 Å². The molecule has 7 heteroatoms. The van der Waals surface area contributed by atoms with E-state index < -0.39 is 6.04 Å². The van der Waals surface area contributed by atoms with Gasteiger partial charge in [-0.15, -0.1) is 0 Å². The maximum atomic E-state index is 12.8. The van der Waals surface area contributed by atoms with Crippen molar-refractivity contribution < 1.29 is 19.1 Å². The van der Waals surface area contributed by atoms with Crippen molar-refractivity contribution in [2.75, 3.05) is 20.8 Å². The Hall–Kier alpha value is -2.54. The smallest absolute Gasteiger partial charge is 0.261 e. The lowest BCUT2D eigenvalue weighted by atomic mass is 10.1. The van der Waals surface area contributed by atoms with Gasteiger partial charge in [-0.3, -0.25) is 9.59 Å². The van der Waals surface area contributed by atoms with E-state index in [1.165, 1.54) is 12.0 Å². The molecule has 0 saturated carbocycles. The molecule has 0 unspecified atom stereocenters. The number of ether oxygens (including phenoxy) is 2. The summed E-state index contributed by atoms with van der Waals surface area (Å²) in [6, 6.07) is 14.1. The highest BCUT2D eigenvalue weighted by Crippen LogP contribution is 2.25. The molecule has 2 aromatic carbocycles. The van der Waals surface area contributed by atoms with Gasteiger partial charge in [-0.2, -0.15) is 0 Å². The predicted octanol–water partition coefficient (Wildman–Crippen LogP) is 3.00. The lowest BCUT2D eigenvalue weighted by Crippen LogP contribution is -2.48. The summed E-state index contributed by atoms with van der Waals surface area (Å²) in [6.45, 7) is 1.80. The highest BCUT2D eigenvalue weighted by molar-refractivity contribution is 9.10. The Kier molecular flexibility index (Phi) is 7.67. The number of hydrogen-bond donors (Lipinski definition) is 1. The Morgan fingerprint density at radius 1 is 1.11 bits per heavy atom. The van der Waals surface area contributed by atoms with E-state index in [0.29, 0.717) is 18.0 Å². The molecule has 0 aliphatic carbocycles. The van der Waals surface area contributed by atoms with Crippen LogP contribution in [-0.2, 0) is 16.1 Å². The minimum atomic E-state index is -0.632. The molecular weight excluding hydrogens is 412 g/mol. The van der Waals surface area contributed by atoms with Gasteiger partial charge >= 0.3 is 0 Å². The average Bonchev–Trinajstić information content (AvgIpc) is 2.70. The number of rotatable bonds is 8. The standard InChI is InChI=1S/C20H23BrN2O4/c1-14(20(25)22-2)23(12-15-8-10-16(21)11-9-15)19(24)13-27-18-7-5-4-6-17(18)26-3/h4-11,14H,12-13H2,1-3H3,(H,22,25)/t14-/m1/s1. The molecule has 0 aliphatic heterocycles. The fourth-order valence-corrected chi connectivity index (χ4v) is 2.80. The van der Waals surface area contributed by atoms with Crippen LogP contribution in [0.5, 0.6) is 11.5 Å². The number of amides is 2. The van der Waals surface area contributed by atoms with Crippen LogP contribution in [0.25, 0.3) is 0 Å². The highest BCUT2D eigenvalue weighted by atomic mass is 79.9. The molecule has 2 rings (SSSR count). The first-order valence-electron chi connectivity index (χ1n) is 8.47. The number of carbonyl (C=O) groups excluding carboxylic acids is 2. The van der Waals surface area contributed by atoms with Crippen molar-refractivity contribution in [2.24, 2.45) is 0 Å². The minimum absolute atomic E-state index is 0.196. The molecule has 1 atom stereocenters. The fourth-order valence-electron chi connectivity index (χ4n) is 2.54. The van der Waals surface area contributed by atoms with E-state index in [9.17, 15) is 9.59 Å². The van der Waals surface area contributed by atoms with Crippen LogP contribution in [0.3, 0.4) is 0 Å². The van der Waals surface area contributed by atoms with Crippen molar-refractivity contribution >= 4 is 27.7 Å². The lowest BCUT2D eigenvalue weighted by molar-refractivity contribution is -0.142. The molecule has 0 aromatic heterocycles. The van der Waals surface area contributed by atoms with Crippen molar-refractivity contribution in [3.63, 3.8) is 0 Å². The fraction of sp³-hybridized carbons (Fsp3) is 0.300. The molecule has 0 bridgehead atoms. The van der Waals surface area contributed by atoms with E-state index in [0.717, 1.165) is 10.0 Å². The number of nitrogens with one attached hydrogen (secondary N) is 1. The van der Waals surface area contributed by atoms with E-state index in [-0.39, 0.29) is 18.4 Å². The zero-order chi connectivity index (χ0) is 19.8. The number of halogens is 1. The zero-order valence-electron chi connectivity index (χ0n) is 15.6. The second-order valence-corrected chi connectivity index (χ2v) is 6.79. The summed E-state index contributed by atoms with van der Waals surface area (Å²) in [5.41, 5.74) is 0.916. The van der Waals surface area contributed by atoms with Gasteiger partial charge in [0.05, 0.1) is 7.11 Å². The van der Waals surface area contributed by atoms with Crippen molar-refractivity contribution in [1.82, 2.24) is 10.2 Å². The minimum Gasteiger partial charge on any atom is -0.493 e. The van der Waals surface area contributed by atoms with Crippen LogP contribution in [0.2, 0.25) is 0 Å². The van der Waals surface area contributed by atoms with Gasteiger partial charge in [-0.25, -0.2) is 0 Å². The van der Waals surface area contributed by atoms with E-state index >= 15 is 0 Å². The molecular formula is C20H23BrN2O4. The van der Waals surface area contributed by atoms with Gasteiger partial charge in [0.25, 0.3) is 5.91 Å². The molecule has 1 N–H and O–H groups in total. The molecule has 144 valence electrons. The molecule has 0 heterocycles. The molecule has 6 nitrogen and oxygen atoms in total. The Morgan fingerprint density at radius 2 is 1.74 bits per heavy atom. The summed E-state index contributed by atoms with van der Waals surface area (Å²) in [4.78, 5) is 26.4. The number of carbonyl (C=O) groups is 2. The molecule has 0 radical (unpaired) electrons. The van der Waals surface area contributed by atoms with Crippen LogP contribution >= 0.6 is 15.9 Å². The first-order chi connectivity index (χ1) is 13.0. The molecule has 0 aliphatic rings. The first kappa shape index (κ1) is 20.8. The van der Waals surface area contributed by atoms with Gasteiger partial charge in [0, 0.05) is 18.1 Å². The van der Waals surface area contributed by atoms with Gasteiger partial charge in [-0.05, 0) is 36.8 Å². The zero-order valence-corrected chi connectivity index (χ0v) is 17.2. The first-order valence-corrected chi connectivity index (χ1v) is 9.27. The van der Waals surface area contributed by atoms with Gasteiger partial charge < -0.3 is 19.7 Å². The second-order valence-electron chi connectivity index (χ2n) is 5.88. The van der Waals surface area contributed by atoms with Crippen LogP contribution in [0, 0.1) is 0 Å². The number of nitrogens with zero attached hydrogens (tertiary/aromatic N) is 1.